The Morgan fingerprint density at radius 3 is 2.33 bits per heavy atom. The maximum absolute atomic E-state index is 9.94. The van der Waals surface area contributed by atoms with Crippen LogP contribution in [0, 0.1) is 0 Å². The minimum atomic E-state index is 0.634. The lowest BCUT2D eigenvalue weighted by atomic mass is 10.3. The molecule has 0 atom stereocenters. The van der Waals surface area contributed by atoms with Crippen molar-refractivity contribution in [3.63, 3.8) is 0 Å². The highest BCUT2D eigenvalue weighted by molar-refractivity contribution is 5.73. The molecule has 0 heterocycles. The summed E-state index contributed by atoms with van der Waals surface area (Å²) in [6.07, 6.45) is 6.24. The van der Waals surface area contributed by atoms with E-state index in [1.165, 1.54) is 6.42 Å². The average molecular weight is 169 g/mol. The summed E-state index contributed by atoms with van der Waals surface area (Å²) in [5, 5.41) is 3.03. The lowest BCUT2D eigenvalue weighted by molar-refractivity contribution is -0.105. The summed E-state index contributed by atoms with van der Waals surface area (Å²) >= 11 is 0. The fraction of sp³-hybridized carbons (Fsp3) is 0.700. The molecule has 0 aromatic rings. The maximum Gasteiger partial charge on any atom is 0.145 e. The van der Waals surface area contributed by atoms with Crippen LogP contribution in [0.3, 0.4) is 0 Å². The number of carbonyl (C=O) groups is 1. The van der Waals surface area contributed by atoms with Crippen LogP contribution in [-0.2, 0) is 4.79 Å². The van der Waals surface area contributed by atoms with Gasteiger partial charge in [-0.15, -0.1) is 0 Å². The summed E-state index contributed by atoms with van der Waals surface area (Å²) in [6.45, 7) is 4.22. The lowest BCUT2D eigenvalue weighted by Crippen LogP contribution is -2.15. The van der Waals surface area contributed by atoms with Crippen LogP contribution in [0.25, 0.3) is 0 Å². The SMILES string of the molecule is CNC(C)C.O=CC1=CCCC1. The van der Waals surface area contributed by atoms with E-state index >= 15 is 0 Å². The zero-order valence-corrected chi connectivity index (χ0v) is 8.26. The van der Waals surface area contributed by atoms with E-state index in [9.17, 15) is 4.79 Å². The number of aldehydes is 1. The van der Waals surface area contributed by atoms with Gasteiger partial charge in [0.2, 0.25) is 0 Å². The number of carbonyl (C=O) groups excluding carboxylic acids is 1. The highest BCUT2D eigenvalue weighted by atomic mass is 16.1. The van der Waals surface area contributed by atoms with Crippen LogP contribution >= 0.6 is 0 Å². The normalized spacial score (nSPS) is 15.2. The Balaban J connectivity index is 0.000000217. The summed E-state index contributed by atoms with van der Waals surface area (Å²) in [7, 11) is 1.95. The van der Waals surface area contributed by atoms with Crippen molar-refractivity contribution in [1.29, 1.82) is 0 Å². The molecule has 0 aromatic carbocycles. The van der Waals surface area contributed by atoms with Gasteiger partial charge in [0, 0.05) is 6.04 Å². The molecule has 0 aliphatic heterocycles. The van der Waals surface area contributed by atoms with Gasteiger partial charge in [-0.05, 0) is 31.9 Å². The van der Waals surface area contributed by atoms with Gasteiger partial charge < -0.3 is 5.32 Å². The molecule has 0 fully saturated rings. The molecule has 12 heavy (non-hydrogen) atoms. The molecule has 1 aliphatic rings. The molecular weight excluding hydrogens is 150 g/mol. The number of hydrogen-bond acceptors (Lipinski definition) is 2. The molecule has 0 amide bonds. The molecule has 0 saturated carbocycles. The van der Waals surface area contributed by atoms with Crippen molar-refractivity contribution in [2.24, 2.45) is 0 Å². The summed E-state index contributed by atoms with van der Waals surface area (Å²) in [6, 6.07) is 0.634. The summed E-state index contributed by atoms with van der Waals surface area (Å²) in [4.78, 5) is 9.94. The predicted molar refractivity (Wildman–Crippen MR) is 52.2 cm³/mol. The zero-order valence-electron chi connectivity index (χ0n) is 8.26. The van der Waals surface area contributed by atoms with Gasteiger partial charge >= 0.3 is 0 Å². The molecule has 1 N–H and O–H groups in total. The monoisotopic (exact) mass is 169 g/mol. The summed E-state index contributed by atoms with van der Waals surface area (Å²) < 4.78 is 0. The Morgan fingerprint density at radius 1 is 1.58 bits per heavy atom. The van der Waals surface area contributed by atoms with Crippen LogP contribution in [0.5, 0.6) is 0 Å². The second-order valence-electron chi connectivity index (χ2n) is 3.23. The van der Waals surface area contributed by atoms with Gasteiger partial charge in [0.25, 0.3) is 0 Å². The first-order chi connectivity index (χ1) is 5.70. The smallest absolute Gasteiger partial charge is 0.145 e. The number of rotatable bonds is 2. The number of nitrogens with one attached hydrogen (secondary N) is 1. The fourth-order valence-electron chi connectivity index (χ4n) is 0.803. The van der Waals surface area contributed by atoms with Crippen LogP contribution < -0.4 is 5.32 Å². The van der Waals surface area contributed by atoms with Crippen molar-refractivity contribution in [1.82, 2.24) is 5.32 Å². The van der Waals surface area contributed by atoms with E-state index in [-0.39, 0.29) is 0 Å². The minimum absolute atomic E-state index is 0.634. The molecule has 0 aromatic heterocycles. The first-order valence-electron chi connectivity index (χ1n) is 4.52. The van der Waals surface area contributed by atoms with Gasteiger partial charge in [-0.25, -0.2) is 0 Å². The molecule has 2 nitrogen and oxygen atoms in total. The van der Waals surface area contributed by atoms with Gasteiger partial charge in [0.05, 0.1) is 0 Å². The van der Waals surface area contributed by atoms with Crippen LogP contribution in [0.15, 0.2) is 11.6 Å². The Bertz CT molecular complexity index is 150. The van der Waals surface area contributed by atoms with E-state index in [1.54, 1.807) is 0 Å². The van der Waals surface area contributed by atoms with Gasteiger partial charge in [0.15, 0.2) is 0 Å². The van der Waals surface area contributed by atoms with Crippen molar-refractivity contribution in [2.75, 3.05) is 7.05 Å². The Labute approximate surface area is 75.0 Å². The van der Waals surface area contributed by atoms with E-state index in [0.717, 1.165) is 24.7 Å². The molecule has 0 bridgehead atoms. The first-order valence-corrected chi connectivity index (χ1v) is 4.52. The van der Waals surface area contributed by atoms with Crippen molar-refractivity contribution < 1.29 is 4.79 Å². The van der Waals surface area contributed by atoms with Gasteiger partial charge in [-0.1, -0.05) is 19.9 Å². The number of hydrogen-bond donors (Lipinski definition) is 1. The van der Waals surface area contributed by atoms with Crippen LogP contribution in [0.2, 0.25) is 0 Å². The average Bonchev–Trinajstić information content (AvgIpc) is 2.57. The zero-order chi connectivity index (χ0) is 9.40. The molecule has 2 heteroatoms. The minimum Gasteiger partial charge on any atom is -0.318 e. The molecule has 0 saturated heterocycles. The third-order valence-electron chi connectivity index (χ3n) is 1.80. The highest BCUT2D eigenvalue weighted by Gasteiger charge is 1.99. The summed E-state index contributed by atoms with van der Waals surface area (Å²) in [5.41, 5.74) is 0.986. The van der Waals surface area contributed by atoms with Crippen LogP contribution in [0.1, 0.15) is 33.1 Å². The highest BCUT2D eigenvalue weighted by Crippen LogP contribution is 2.14. The molecule has 1 aliphatic carbocycles. The Morgan fingerprint density at radius 2 is 2.17 bits per heavy atom. The standard InChI is InChI=1S/C6H8O.C4H11N/c7-5-6-3-1-2-4-6;1-4(2)5-3/h3,5H,1-2,4H2;4-5H,1-3H3. The van der Waals surface area contributed by atoms with E-state index in [1.807, 2.05) is 13.1 Å². The summed E-state index contributed by atoms with van der Waals surface area (Å²) in [5.74, 6) is 0. The van der Waals surface area contributed by atoms with E-state index in [4.69, 9.17) is 0 Å². The Hall–Kier alpha value is -0.630. The molecule has 70 valence electrons. The van der Waals surface area contributed by atoms with E-state index in [2.05, 4.69) is 19.2 Å². The van der Waals surface area contributed by atoms with Gasteiger partial charge in [-0.2, -0.15) is 0 Å². The molecule has 0 radical (unpaired) electrons. The number of allylic oxidation sites excluding steroid dienone is 2. The van der Waals surface area contributed by atoms with Crippen LogP contribution in [-0.4, -0.2) is 19.4 Å². The quantitative estimate of drug-likeness (QED) is 0.640. The molecule has 0 spiro atoms. The topological polar surface area (TPSA) is 29.1 Å². The largest absolute Gasteiger partial charge is 0.318 e. The molecule has 0 unspecified atom stereocenters. The third kappa shape index (κ3) is 6.10. The first kappa shape index (κ1) is 11.4. The van der Waals surface area contributed by atoms with Gasteiger partial charge in [0.1, 0.15) is 6.29 Å². The molecular formula is C10H19NO. The van der Waals surface area contributed by atoms with Crippen molar-refractivity contribution >= 4 is 6.29 Å². The second-order valence-corrected chi connectivity index (χ2v) is 3.23. The fourth-order valence-corrected chi connectivity index (χ4v) is 0.803. The van der Waals surface area contributed by atoms with E-state index in [0.29, 0.717) is 6.04 Å². The second kappa shape index (κ2) is 7.04. The van der Waals surface area contributed by atoms with Crippen LogP contribution in [0.4, 0.5) is 0 Å². The van der Waals surface area contributed by atoms with E-state index < -0.39 is 0 Å². The maximum atomic E-state index is 9.94. The van der Waals surface area contributed by atoms with Crippen molar-refractivity contribution in [2.45, 2.75) is 39.2 Å². The molecule has 1 rings (SSSR count). The van der Waals surface area contributed by atoms with Crippen molar-refractivity contribution in [3.8, 4) is 0 Å². The third-order valence-corrected chi connectivity index (χ3v) is 1.80. The van der Waals surface area contributed by atoms with Gasteiger partial charge in [-0.3, -0.25) is 4.79 Å². The Kier molecular flexibility index (Phi) is 6.67. The van der Waals surface area contributed by atoms with Crippen molar-refractivity contribution in [3.05, 3.63) is 11.6 Å². The lowest BCUT2D eigenvalue weighted by Gasteiger charge is -1.95. The predicted octanol–water partition coefficient (Wildman–Crippen LogP) is 1.91.